The van der Waals surface area contributed by atoms with Crippen molar-refractivity contribution in [3.05, 3.63) is 70.0 Å². The van der Waals surface area contributed by atoms with E-state index in [2.05, 4.69) is 68.6 Å². The first-order chi connectivity index (χ1) is 10.6. The first-order valence-corrected chi connectivity index (χ1v) is 11.3. The molecule has 0 spiro atoms. The van der Waals surface area contributed by atoms with Gasteiger partial charge in [-0.2, -0.15) is 0 Å². The minimum absolute atomic E-state index is 0.300. The fourth-order valence-corrected chi connectivity index (χ4v) is 5.50. The molecule has 0 radical (unpaired) electrons. The highest BCUT2D eigenvalue weighted by atomic mass is 28.3. The average Bonchev–Trinajstić information content (AvgIpc) is 3.11. The molecule has 0 unspecified atom stereocenters. The fourth-order valence-electron chi connectivity index (χ4n) is 3.43. The van der Waals surface area contributed by atoms with Gasteiger partial charge >= 0.3 is 0 Å². The number of aliphatic hydroxyl groups is 1. The van der Waals surface area contributed by atoms with Crippen molar-refractivity contribution in [1.82, 2.24) is 0 Å². The highest BCUT2D eigenvalue weighted by Gasteiger charge is 2.29. The van der Waals surface area contributed by atoms with Crippen LogP contribution in [0.2, 0.25) is 19.1 Å². The third-order valence-electron chi connectivity index (χ3n) is 4.87. The minimum Gasteiger partial charge on any atom is -0.397 e. The number of aliphatic hydroxyl groups excluding tert-OH is 1. The van der Waals surface area contributed by atoms with E-state index in [1.54, 1.807) is 0 Å². The highest BCUT2D eigenvalue weighted by molar-refractivity contribution is 6.85. The van der Waals surface area contributed by atoms with E-state index >= 15 is 0 Å². The number of hydrogen-bond acceptors (Lipinski definition) is 1. The van der Waals surface area contributed by atoms with Crippen LogP contribution < -0.4 is 0 Å². The van der Waals surface area contributed by atoms with Crippen LogP contribution >= 0.6 is 0 Å². The van der Waals surface area contributed by atoms with Gasteiger partial charge in [-0.25, -0.2) is 0 Å². The zero-order valence-corrected chi connectivity index (χ0v) is 14.7. The van der Waals surface area contributed by atoms with Crippen molar-refractivity contribution in [3.8, 4) is 0 Å². The van der Waals surface area contributed by atoms with Crippen LogP contribution in [0.5, 0.6) is 0 Å². The molecule has 0 heterocycles. The predicted molar refractivity (Wildman–Crippen MR) is 98.2 cm³/mol. The lowest BCUT2D eigenvalue weighted by Gasteiger charge is -2.21. The maximum Gasteiger partial charge on any atom is 0.0824 e. The Balaban J connectivity index is 1.92. The highest BCUT2D eigenvalue weighted by Crippen LogP contribution is 2.42. The van der Waals surface area contributed by atoms with E-state index in [9.17, 15) is 5.11 Å². The van der Waals surface area contributed by atoms with Crippen molar-refractivity contribution in [3.63, 3.8) is 0 Å². The molecule has 1 aromatic rings. The quantitative estimate of drug-likeness (QED) is 0.777. The van der Waals surface area contributed by atoms with Gasteiger partial charge in [-0.1, -0.05) is 60.8 Å². The summed E-state index contributed by atoms with van der Waals surface area (Å²) in [5.41, 5.74) is 6.84. The standard InChI is InChI=1S/C20H24OSi/c1-4-18-19-8-6-5-7-15(19)14-20(18)16-9-10-17(13-16)22(2,3)12-11-21/h4-8,10,13-14,21H,9,11-12H2,1-3H3. The van der Waals surface area contributed by atoms with Crippen LogP contribution in [0.1, 0.15) is 24.5 Å². The monoisotopic (exact) mass is 308 g/mol. The van der Waals surface area contributed by atoms with Crippen LogP contribution in [-0.2, 0) is 0 Å². The normalized spacial score (nSPS) is 19.1. The van der Waals surface area contributed by atoms with Gasteiger partial charge in [0, 0.05) is 6.61 Å². The Morgan fingerprint density at radius 3 is 2.68 bits per heavy atom. The molecule has 2 aliphatic rings. The largest absolute Gasteiger partial charge is 0.397 e. The number of rotatable bonds is 4. The molecule has 2 aliphatic carbocycles. The van der Waals surface area contributed by atoms with Crippen LogP contribution in [0.15, 0.2) is 58.8 Å². The maximum absolute atomic E-state index is 9.30. The second-order valence-electron chi connectivity index (χ2n) is 6.74. The van der Waals surface area contributed by atoms with E-state index < -0.39 is 8.07 Å². The van der Waals surface area contributed by atoms with Gasteiger partial charge in [0.2, 0.25) is 0 Å². The lowest BCUT2D eigenvalue weighted by atomic mass is 9.97. The number of fused-ring (bicyclic) bond motifs is 1. The molecule has 3 rings (SSSR count). The van der Waals surface area contributed by atoms with E-state index in [1.807, 2.05) is 0 Å². The first kappa shape index (κ1) is 15.3. The minimum atomic E-state index is -1.49. The third-order valence-corrected chi connectivity index (χ3v) is 8.25. The molecule has 0 amide bonds. The number of benzene rings is 1. The lowest BCUT2D eigenvalue weighted by molar-refractivity contribution is 0.316. The molecule has 0 fully saturated rings. The Morgan fingerprint density at radius 2 is 1.95 bits per heavy atom. The van der Waals surface area contributed by atoms with Crippen molar-refractivity contribution in [1.29, 1.82) is 0 Å². The van der Waals surface area contributed by atoms with Crippen molar-refractivity contribution in [2.24, 2.45) is 0 Å². The molecule has 0 atom stereocenters. The van der Waals surface area contributed by atoms with Gasteiger partial charge in [0.25, 0.3) is 0 Å². The summed E-state index contributed by atoms with van der Waals surface area (Å²) < 4.78 is 0. The maximum atomic E-state index is 9.30. The molecule has 1 aromatic carbocycles. The Kier molecular flexibility index (Phi) is 4.07. The van der Waals surface area contributed by atoms with Crippen LogP contribution in [0, 0.1) is 0 Å². The molecule has 0 saturated heterocycles. The summed E-state index contributed by atoms with van der Waals surface area (Å²) in [7, 11) is -1.49. The van der Waals surface area contributed by atoms with Crippen molar-refractivity contribution >= 4 is 19.7 Å². The summed E-state index contributed by atoms with van der Waals surface area (Å²) >= 11 is 0. The Morgan fingerprint density at radius 1 is 1.18 bits per heavy atom. The molecule has 0 bridgehead atoms. The van der Waals surface area contributed by atoms with E-state index in [4.69, 9.17) is 0 Å². The molecule has 22 heavy (non-hydrogen) atoms. The molecule has 0 aliphatic heterocycles. The van der Waals surface area contributed by atoms with E-state index in [-0.39, 0.29) is 0 Å². The summed E-state index contributed by atoms with van der Waals surface area (Å²) in [5.74, 6) is 0. The predicted octanol–water partition coefficient (Wildman–Crippen LogP) is 4.98. The molecule has 0 saturated carbocycles. The Bertz CT molecular complexity index is 717. The Labute approximate surface area is 134 Å². The molecular formula is C20H24OSi. The van der Waals surface area contributed by atoms with Gasteiger partial charge in [0.1, 0.15) is 0 Å². The van der Waals surface area contributed by atoms with Gasteiger partial charge in [0.05, 0.1) is 8.07 Å². The van der Waals surface area contributed by atoms with Gasteiger partial charge in [0.15, 0.2) is 0 Å². The van der Waals surface area contributed by atoms with Crippen molar-refractivity contribution < 1.29 is 5.11 Å². The molecular weight excluding hydrogens is 284 g/mol. The number of hydrogen-bond donors (Lipinski definition) is 1. The average molecular weight is 308 g/mol. The van der Waals surface area contributed by atoms with E-state index in [0.717, 1.165) is 12.5 Å². The van der Waals surface area contributed by atoms with E-state index in [0.29, 0.717) is 6.61 Å². The SMILES string of the molecule is CC=C1C(C2=CC([Si](C)(C)CCO)=CC2)=Cc2ccccc21. The first-order valence-electron chi connectivity index (χ1n) is 8.07. The second kappa shape index (κ2) is 5.86. The lowest BCUT2D eigenvalue weighted by Crippen LogP contribution is -2.28. The fraction of sp³-hybridized carbons (Fsp3) is 0.300. The van der Waals surface area contributed by atoms with Crippen molar-refractivity contribution in [2.75, 3.05) is 6.61 Å². The molecule has 2 heteroatoms. The van der Waals surface area contributed by atoms with Crippen LogP contribution in [0.3, 0.4) is 0 Å². The van der Waals surface area contributed by atoms with Crippen molar-refractivity contribution in [2.45, 2.75) is 32.5 Å². The zero-order chi connectivity index (χ0) is 15.7. The Hall–Kier alpha value is -1.64. The molecule has 114 valence electrons. The van der Waals surface area contributed by atoms with Gasteiger partial charge < -0.3 is 5.11 Å². The summed E-state index contributed by atoms with van der Waals surface area (Å²) in [6.45, 7) is 7.12. The number of allylic oxidation sites excluding steroid dienone is 7. The summed E-state index contributed by atoms with van der Waals surface area (Å²) in [6, 6.07) is 9.57. The molecule has 1 nitrogen and oxygen atoms in total. The summed E-state index contributed by atoms with van der Waals surface area (Å²) in [6.07, 6.45) is 10.4. The van der Waals surface area contributed by atoms with Gasteiger partial charge in [-0.05, 0) is 53.3 Å². The smallest absolute Gasteiger partial charge is 0.0824 e. The van der Waals surface area contributed by atoms with Crippen LogP contribution in [0.4, 0.5) is 0 Å². The molecule has 1 N–H and O–H groups in total. The van der Waals surface area contributed by atoms with E-state index in [1.165, 1.54) is 33.0 Å². The summed E-state index contributed by atoms with van der Waals surface area (Å²) in [4.78, 5) is 0. The third kappa shape index (κ3) is 2.57. The molecule has 0 aromatic heterocycles. The van der Waals surface area contributed by atoms with Crippen LogP contribution in [-0.4, -0.2) is 19.8 Å². The topological polar surface area (TPSA) is 20.2 Å². The van der Waals surface area contributed by atoms with Gasteiger partial charge in [-0.15, -0.1) is 0 Å². The van der Waals surface area contributed by atoms with Gasteiger partial charge in [-0.3, -0.25) is 0 Å². The summed E-state index contributed by atoms with van der Waals surface area (Å²) in [5, 5.41) is 10.8. The zero-order valence-electron chi connectivity index (χ0n) is 13.7. The van der Waals surface area contributed by atoms with Crippen LogP contribution in [0.25, 0.3) is 11.6 Å². The second-order valence-corrected chi connectivity index (χ2v) is 11.6.